The van der Waals surface area contributed by atoms with Crippen molar-refractivity contribution in [2.45, 2.75) is 45.4 Å². The Morgan fingerprint density at radius 3 is 2.57 bits per heavy atom. The minimum Gasteiger partial charge on any atom is -0.362 e. The number of nitrogens with one attached hydrogen (secondary N) is 2. The molecule has 2 fully saturated rings. The molecule has 3 rings (SSSR count). The van der Waals surface area contributed by atoms with Crippen molar-refractivity contribution in [3.05, 3.63) is 29.8 Å². The molecule has 0 aliphatic carbocycles. The molecule has 0 saturated carbocycles. The molecule has 154 valence electrons. The Morgan fingerprint density at radius 2 is 1.86 bits per heavy atom. The molecule has 6 heteroatoms. The van der Waals surface area contributed by atoms with E-state index in [1.807, 2.05) is 29.2 Å². The third-order valence-electron chi connectivity index (χ3n) is 5.71. The van der Waals surface area contributed by atoms with E-state index in [0.717, 1.165) is 62.6 Å². The lowest BCUT2D eigenvalue weighted by Crippen LogP contribution is -2.37. The van der Waals surface area contributed by atoms with Crippen LogP contribution in [0.15, 0.2) is 24.3 Å². The zero-order valence-electron chi connectivity index (χ0n) is 17.1. The Kier molecular flexibility index (Phi) is 8.10. The molecular formula is C22H34N4OS. The quantitative estimate of drug-likeness (QED) is 0.561. The van der Waals surface area contributed by atoms with Gasteiger partial charge >= 0.3 is 0 Å². The molecule has 2 aliphatic heterocycles. The fourth-order valence-electron chi connectivity index (χ4n) is 4.15. The van der Waals surface area contributed by atoms with Gasteiger partial charge in [0.25, 0.3) is 5.91 Å². The lowest BCUT2D eigenvalue weighted by atomic mass is 10.0. The van der Waals surface area contributed by atoms with Crippen molar-refractivity contribution < 1.29 is 4.79 Å². The van der Waals surface area contributed by atoms with Crippen molar-refractivity contribution in [1.82, 2.24) is 15.1 Å². The summed E-state index contributed by atoms with van der Waals surface area (Å²) in [5.41, 5.74) is 1.67. The number of carbonyl (C=O) groups is 1. The smallest absolute Gasteiger partial charge is 0.253 e. The Hall–Kier alpha value is -1.66. The number of hydrogen-bond acceptors (Lipinski definition) is 3. The van der Waals surface area contributed by atoms with Gasteiger partial charge in [-0.05, 0) is 94.0 Å². The first-order valence-electron chi connectivity index (χ1n) is 10.8. The van der Waals surface area contributed by atoms with Crippen LogP contribution in [0, 0.1) is 5.92 Å². The van der Waals surface area contributed by atoms with Crippen LogP contribution in [0.25, 0.3) is 0 Å². The van der Waals surface area contributed by atoms with Gasteiger partial charge in [0.2, 0.25) is 0 Å². The molecule has 5 nitrogen and oxygen atoms in total. The average Bonchev–Trinajstić information content (AvgIpc) is 2.72. The van der Waals surface area contributed by atoms with Gasteiger partial charge in [0.15, 0.2) is 5.11 Å². The van der Waals surface area contributed by atoms with Gasteiger partial charge in [0.05, 0.1) is 0 Å². The van der Waals surface area contributed by atoms with Crippen molar-refractivity contribution in [3.8, 4) is 0 Å². The van der Waals surface area contributed by atoms with Gasteiger partial charge < -0.3 is 20.4 Å². The number of likely N-dealkylation sites (tertiary alicyclic amines) is 2. The maximum Gasteiger partial charge on any atom is 0.253 e. The topological polar surface area (TPSA) is 47.6 Å². The van der Waals surface area contributed by atoms with E-state index in [0.29, 0.717) is 5.11 Å². The van der Waals surface area contributed by atoms with E-state index in [1.54, 1.807) is 0 Å². The highest BCUT2D eigenvalue weighted by molar-refractivity contribution is 7.80. The Morgan fingerprint density at radius 1 is 1.11 bits per heavy atom. The van der Waals surface area contributed by atoms with E-state index in [1.165, 1.54) is 32.4 Å². The highest BCUT2D eigenvalue weighted by atomic mass is 32.1. The fraction of sp³-hybridized carbons (Fsp3) is 0.636. The van der Waals surface area contributed by atoms with E-state index >= 15 is 0 Å². The monoisotopic (exact) mass is 402 g/mol. The van der Waals surface area contributed by atoms with Crippen molar-refractivity contribution >= 4 is 28.9 Å². The molecule has 2 heterocycles. The number of anilines is 1. The molecular weight excluding hydrogens is 368 g/mol. The van der Waals surface area contributed by atoms with Crippen LogP contribution in [-0.2, 0) is 0 Å². The van der Waals surface area contributed by atoms with E-state index < -0.39 is 0 Å². The standard InChI is InChI=1S/C22H34N4OS/c1-18-7-5-13-25(17-18)14-6-12-23-22(28)24-20-10-8-19(9-11-20)21(27)26-15-3-2-4-16-26/h8-11,18H,2-7,12-17H2,1H3,(H2,23,24,28)/t18-/m1/s1. The van der Waals surface area contributed by atoms with Crippen molar-refractivity contribution in [1.29, 1.82) is 0 Å². The summed E-state index contributed by atoms with van der Waals surface area (Å²) in [6.07, 6.45) is 7.24. The molecule has 1 atom stereocenters. The summed E-state index contributed by atoms with van der Waals surface area (Å²) in [6.45, 7) is 8.57. The summed E-state index contributed by atoms with van der Waals surface area (Å²) in [6, 6.07) is 7.64. The molecule has 0 radical (unpaired) electrons. The first-order valence-corrected chi connectivity index (χ1v) is 11.2. The van der Waals surface area contributed by atoms with Gasteiger partial charge in [-0.1, -0.05) is 6.92 Å². The van der Waals surface area contributed by atoms with Gasteiger partial charge in [0.1, 0.15) is 0 Å². The summed E-state index contributed by atoms with van der Waals surface area (Å²) >= 11 is 5.40. The number of rotatable bonds is 6. The Balaban J connectivity index is 1.36. The number of benzene rings is 1. The minimum atomic E-state index is 0.138. The first-order chi connectivity index (χ1) is 13.6. The maximum absolute atomic E-state index is 12.5. The predicted molar refractivity (Wildman–Crippen MR) is 120 cm³/mol. The zero-order valence-corrected chi connectivity index (χ0v) is 17.9. The molecule has 0 bridgehead atoms. The van der Waals surface area contributed by atoms with Crippen LogP contribution in [0.5, 0.6) is 0 Å². The number of nitrogens with zero attached hydrogens (tertiary/aromatic N) is 2. The van der Waals surface area contributed by atoms with Crippen LogP contribution in [0.2, 0.25) is 0 Å². The van der Waals surface area contributed by atoms with Gasteiger partial charge in [-0.2, -0.15) is 0 Å². The van der Waals surface area contributed by atoms with Crippen LogP contribution in [0.3, 0.4) is 0 Å². The van der Waals surface area contributed by atoms with E-state index in [2.05, 4.69) is 22.5 Å². The van der Waals surface area contributed by atoms with Gasteiger partial charge in [-0.15, -0.1) is 0 Å². The minimum absolute atomic E-state index is 0.138. The molecule has 1 amide bonds. The molecule has 1 aromatic rings. The van der Waals surface area contributed by atoms with E-state index in [9.17, 15) is 4.79 Å². The van der Waals surface area contributed by atoms with E-state index in [4.69, 9.17) is 12.2 Å². The van der Waals surface area contributed by atoms with Crippen LogP contribution < -0.4 is 10.6 Å². The number of hydrogen-bond donors (Lipinski definition) is 2. The number of carbonyl (C=O) groups excluding carboxylic acids is 1. The van der Waals surface area contributed by atoms with Crippen LogP contribution in [-0.4, -0.2) is 60.1 Å². The zero-order chi connectivity index (χ0) is 19.8. The lowest BCUT2D eigenvalue weighted by Gasteiger charge is -2.30. The molecule has 28 heavy (non-hydrogen) atoms. The third-order valence-corrected chi connectivity index (χ3v) is 5.96. The second-order valence-corrected chi connectivity index (χ2v) is 8.62. The Labute approximate surface area is 174 Å². The molecule has 2 aliphatic rings. The second kappa shape index (κ2) is 10.8. The second-order valence-electron chi connectivity index (χ2n) is 8.21. The largest absolute Gasteiger partial charge is 0.362 e. The molecule has 2 saturated heterocycles. The molecule has 1 aromatic carbocycles. The normalized spacial score (nSPS) is 20.6. The van der Waals surface area contributed by atoms with Crippen molar-refractivity contribution in [2.75, 3.05) is 44.6 Å². The average molecular weight is 403 g/mol. The predicted octanol–water partition coefficient (Wildman–Crippen LogP) is 3.72. The maximum atomic E-state index is 12.5. The fourth-order valence-corrected chi connectivity index (χ4v) is 4.37. The van der Waals surface area contributed by atoms with Gasteiger partial charge in [-0.3, -0.25) is 4.79 Å². The highest BCUT2D eigenvalue weighted by Crippen LogP contribution is 2.16. The van der Waals surface area contributed by atoms with Gasteiger partial charge in [-0.25, -0.2) is 0 Å². The SMILES string of the molecule is C[C@@H]1CCCN(CCCNC(=S)Nc2ccc(C(=O)N3CCCCC3)cc2)C1. The van der Waals surface area contributed by atoms with E-state index in [-0.39, 0.29) is 5.91 Å². The third kappa shape index (κ3) is 6.45. The van der Waals surface area contributed by atoms with Gasteiger partial charge in [0, 0.05) is 37.4 Å². The van der Waals surface area contributed by atoms with Crippen LogP contribution >= 0.6 is 12.2 Å². The summed E-state index contributed by atoms with van der Waals surface area (Å²) < 4.78 is 0. The lowest BCUT2D eigenvalue weighted by molar-refractivity contribution is 0.0724. The molecule has 0 aromatic heterocycles. The molecule has 0 unspecified atom stereocenters. The van der Waals surface area contributed by atoms with Crippen LogP contribution in [0.4, 0.5) is 5.69 Å². The number of thiocarbonyl (C=S) groups is 1. The highest BCUT2D eigenvalue weighted by Gasteiger charge is 2.18. The summed E-state index contributed by atoms with van der Waals surface area (Å²) in [4.78, 5) is 17.0. The van der Waals surface area contributed by atoms with Crippen molar-refractivity contribution in [2.24, 2.45) is 5.92 Å². The number of amides is 1. The van der Waals surface area contributed by atoms with Crippen molar-refractivity contribution in [3.63, 3.8) is 0 Å². The summed E-state index contributed by atoms with van der Waals surface area (Å²) in [5.74, 6) is 0.966. The summed E-state index contributed by atoms with van der Waals surface area (Å²) in [5, 5.41) is 7.15. The summed E-state index contributed by atoms with van der Waals surface area (Å²) in [7, 11) is 0. The Bertz CT molecular complexity index is 642. The number of piperidine rings is 2. The first kappa shape index (κ1) is 21.1. The van der Waals surface area contributed by atoms with Crippen LogP contribution in [0.1, 0.15) is 55.8 Å². The molecule has 0 spiro atoms. The molecule has 2 N–H and O–H groups in total.